The lowest BCUT2D eigenvalue weighted by Gasteiger charge is -2.26. The minimum Gasteiger partial charge on any atom is -0.494 e. The Hall–Kier alpha value is -1.54. The van der Waals surface area contributed by atoms with Gasteiger partial charge in [-0.1, -0.05) is 12.1 Å². The van der Waals surface area contributed by atoms with E-state index in [9.17, 15) is 22.4 Å². The number of methoxy groups -OCH3 is 1. The molecule has 0 heterocycles. The fourth-order valence-electron chi connectivity index (χ4n) is 1.69. The average Bonchev–Trinajstić information content (AvgIpc) is 2.46. The summed E-state index contributed by atoms with van der Waals surface area (Å²) >= 11 is 5.34. The van der Waals surface area contributed by atoms with Crippen molar-refractivity contribution in [1.29, 1.82) is 0 Å². The largest absolute Gasteiger partial charge is 0.494 e. The SMILES string of the molecule is COc1cccc(CN(C[C@@H](O)C(F)(F)F)C(=O)CCl)c1F. The number of aliphatic hydroxyl groups is 1. The summed E-state index contributed by atoms with van der Waals surface area (Å²) in [5.74, 6) is -2.34. The minimum atomic E-state index is -4.89. The molecule has 9 heteroatoms. The third-order valence-corrected chi connectivity index (χ3v) is 3.09. The van der Waals surface area contributed by atoms with Crippen molar-refractivity contribution in [3.05, 3.63) is 29.6 Å². The number of ether oxygens (including phenoxy) is 1. The molecule has 0 unspecified atom stereocenters. The molecule has 1 rings (SSSR count). The lowest BCUT2D eigenvalue weighted by Crippen LogP contribution is -2.44. The molecule has 0 fully saturated rings. The second-order valence-electron chi connectivity index (χ2n) is 4.40. The number of carbonyl (C=O) groups is 1. The normalized spacial score (nSPS) is 12.9. The van der Waals surface area contributed by atoms with E-state index in [0.717, 1.165) is 0 Å². The van der Waals surface area contributed by atoms with Crippen LogP contribution < -0.4 is 4.74 Å². The lowest BCUT2D eigenvalue weighted by atomic mass is 10.1. The Morgan fingerprint density at radius 1 is 1.45 bits per heavy atom. The predicted molar refractivity (Wildman–Crippen MR) is 71.2 cm³/mol. The third kappa shape index (κ3) is 4.74. The van der Waals surface area contributed by atoms with Crippen molar-refractivity contribution < 1.29 is 32.2 Å². The highest BCUT2D eigenvalue weighted by molar-refractivity contribution is 6.27. The van der Waals surface area contributed by atoms with Crippen LogP contribution in [0.5, 0.6) is 5.75 Å². The first-order chi connectivity index (χ1) is 10.2. The van der Waals surface area contributed by atoms with E-state index in [1.807, 2.05) is 0 Å². The summed E-state index contributed by atoms with van der Waals surface area (Å²) in [4.78, 5) is 12.2. The molecule has 0 aliphatic heterocycles. The second-order valence-corrected chi connectivity index (χ2v) is 4.67. The molecule has 0 radical (unpaired) electrons. The highest BCUT2D eigenvalue weighted by Gasteiger charge is 2.40. The molecular formula is C13H14ClF4NO3. The highest BCUT2D eigenvalue weighted by atomic mass is 35.5. The molecule has 1 N–H and O–H groups in total. The molecule has 0 aliphatic carbocycles. The van der Waals surface area contributed by atoms with Crippen molar-refractivity contribution in [2.75, 3.05) is 19.5 Å². The zero-order chi connectivity index (χ0) is 16.9. The molecule has 0 bridgehead atoms. The van der Waals surface area contributed by atoms with Gasteiger partial charge in [0, 0.05) is 12.1 Å². The van der Waals surface area contributed by atoms with Crippen molar-refractivity contribution in [1.82, 2.24) is 4.90 Å². The molecule has 1 aromatic rings. The van der Waals surface area contributed by atoms with Gasteiger partial charge in [0.15, 0.2) is 17.7 Å². The smallest absolute Gasteiger partial charge is 0.416 e. The Balaban J connectivity index is 2.98. The van der Waals surface area contributed by atoms with Crippen molar-refractivity contribution in [3.8, 4) is 5.75 Å². The van der Waals surface area contributed by atoms with Gasteiger partial charge in [0.25, 0.3) is 0 Å². The van der Waals surface area contributed by atoms with E-state index in [4.69, 9.17) is 21.4 Å². The summed E-state index contributed by atoms with van der Waals surface area (Å²) in [6, 6.07) is 4.06. The summed E-state index contributed by atoms with van der Waals surface area (Å²) in [6.07, 6.45) is -7.63. The quantitative estimate of drug-likeness (QED) is 0.637. The Bertz CT molecular complexity index is 524. The van der Waals surface area contributed by atoms with Crippen molar-refractivity contribution in [2.45, 2.75) is 18.8 Å². The van der Waals surface area contributed by atoms with Crippen LogP contribution in [0.25, 0.3) is 0 Å². The molecule has 0 saturated heterocycles. The number of halogens is 5. The molecule has 22 heavy (non-hydrogen) atoms. The van der Waals surface area contributed by atoms with E-state index in [-0.39, 0.29) is 11.3 Å². The molecule has 4 nitrogen and oxygen atoms in total. The summed E-state index contributed by atoms with van der Waals surface area (Å²) in [5.41, 5.74) is -0.0489. The fourth-order valence-corrected chi connectivity index (χ4v) is 1.86. The van der Waals surface area contributed by atoms with Crippen LogP contribution in [-0.4, -0.2) is 47.7 Å². The lowest BCUT2D eigenvalue weighted by molar-refractivity contribution is -0.208. The molecule has 0 spiro atoms. The van der Waals surface area contributed by atoms with Crippen LogP contribution in [0.15, 0.2) is 18.2 Å². The summed E-state index contributed by atoms with van der Waals surface area (Å²) in [7, 11) is 1.23. The van der Waals surface area contributed by atoms with E-state index in [0.29, 0.717) is 4.90 Å². The van der Waals surface area contributed by atoms with Gasteiger partial charge in [-0.05, 0) is 6.07 Å². The molecule has 124 valence electrons. The molecular weight excluding hydrogens is 330 g/mol. The highest BCUT2D eigenvalue weighted by Crippen LogP contribution is 2.24. The van der Waals surface area contributed by atoms with E-state index >= 15 is 0 Å². The number of hydrogen-bond acceptors (Lipinski definition) is 3. The van der Waals surface area contributed by atoms with Gasteiger partial charge in [0.2, 0.25) is 5.91 Å². The van der Waals surface area contributed by atoms with Gasteiger partial charge in [-0.15, -0.1) is 11.6 Å². The maximum Gasteiger partial charge on any atom is 0.416 e. The molecule has 0 saturated carbocycles. The maximum atomic E-state index is 14.0. The molecule has 1 aromatic carbocycles. The van der Waals surface area contributed by atoms with Crippen molar-refractivity contribution >= 4 is 17.5 Å². The maximum absolute atomic E-state index is 14.0. The van der Waals surface area contributed by atoms with Gasteiger partial charge in [-0.3, -0.25) is 4.79 Å². The first-order valence-corrected chi connectivity index (χ1v) is 6.64. The van der Waals surface area contributed by atoms with Gasteiger partial charge >= 0.3 is 6.18 Å². The molecule has 0 aliphatic rings. The Labute approximate surface area is 129 Å². The Morgan fingerprint density at radius 2 is 2.09 bits per heavy atom. The summed E-state index contributed by atoms with van der Waals surface area (Å²) < 4.78 is 55.9. The number of rotatable bonds is 6. The van der Waals surface area contributed by atoms with Gasteiger partial charge in [-0.2, -0.15) is 13.2 Å². The number of amides is 1. The van der Waals surface area contributed by atoms with Crippen LogP contribution >= 0.6 is 11.6 Å². The van der Waals surface area contributed by atoms with Crippen LogP contribution in [0, 0.1) is 5.82 Å². The van der Waals surface area contributed by atoms with Gasteiger partial charge in [0.1, 0.15) is 5.88 Å². The average molecular weight is 344 g/mol. The van der Waals surface area contributed by atoms with Crippen LogP contribution in [0.3, 0.4) is 0 Å². The summed E-state index contributed by atoms with van der Waals surface area (Å²) in [5, 5.41) is 9.07. The number of alkyl halides is 4. The number of carbonyl (C=O) groups excluding carboxylic acids is 1. The minimum absolute atomic E-state index is 0.0489. The topological polar surface area (TPSA) is 49.8 Å². The van der Waals surface area contributed by atoms with E-state index < -0.39 is 43.0 Å². The zero-order valence-electron chi connectivity index (χ0n) is 11.5. The van der Waals surface area contributed by atoms with E-state index in [2.05, 4.69) is 0 Å². The van der Waals surface area contributed by atoms with Crippen LogP contribution in [0.2, 0.25) is 0 Å². The first-order valence-electron chi connectivity index (χ1n) is 6.10. The Kier molecular flexibility index (Phi) is 6.43. The first kappa shape index (κ1) is 18.5. The Morgan fingerprint density at radius 3 is 2.59 bits per heavy atom. The molecule has 1 atom stereocenters. The van der Waals surface area contributed by atoms with Crippen LogP contribution in [-0.2, 0) is 11.3 Å². The number of hydrogen-bond donors (Lipinski definition) is 1. The van der Waals surface area contributed by atoms with Crippen molar-refractivity contribution in [2.24, 2.45) is 0 Å². The molecule has 1 amide bonds. The van der Waals surface area contributed by atoms with Crippen LogP contribution in [0.4, 0.5) is 17.6 Å². The van der Waals surface area contributed by atoms with Gasteiger partial charge in [0.05, 0.1) is 13.7 Å². The molecule has 0 aromatic heterocycles. The fraction of sp³-hybridized carbons (Fsp3) is 0.462. The van der Waals surface area contributed by atoms with E-state index in [1.165, 1.54) is 25.3 Å². The third-order valence-electron chi connectivity index (χ3n) is 2.86. The number of aliphatic hydroxyl groups excluding tert-OH is 1. The standard InChI is InChI=1S/C13H14ClF4NO3/c1-22-9-4-2-3-8(12(9)15)6-19(11(21)5-14)7-10(20)13(16,17)18/h2-4,10,20H,5-7H2,1H3/t10-/m1/s1. The van der Waals surface area contributed by atoms with E-state index in [1.54, 1.807) is 0 Å². The second kappa shape index (κ2) is 7.64. The predicted octanol–water partition coefficient (Wildman–Crippen LogP) is 2.32. The number of nitrogens with zero attached hydrogens (tertiary/aromatic N) is 1. The van der Waals surface area contributed by atoms with Gasteiger partial charge in [-0.25, -0.2) is 4.39 Å². The monoisotopic (exact) mass is 343 g/mol. The van der Waals surface area contributed by atoms with Crippen molar-refractivity contribution in [3.63, 3.8) is 0 Å². The van der Waals surface area contributed by atoms with Crippen LogP contribution in [0.1, 0.15) is 5.56 Å². The van der Waals surface area contributed by atoms with Gasteiger partial charge < -0.3 is 14.7 Å². The zero-order valence-corrected chi connectivity index (χ0v) is 12.3. The number of benzene rings is 1. The summed E-state index contributed by atoms with van der Waals surface area (Å²) in [6.45, 7) is -1.51.